The van der Waals surface area contributed by atoms with Crippen LogP contribution in [0.15, 0.2) is 24.3 Å². The fraction of sp³-hybridized carbons (Fsp3) is 0.588. The van der Waals surface area contributed by atoms with Crippen LogP contribution in [0.1, 0.15) is 42.6 Å². The second-order valence-electron chi connectivity index (χ2n) is 5.36. The highest BCUT2D eigenvalue weighted by Gasteiger charge is 2.17. The SMILES string of the molecule is CCC(CC)C(O)CNC(=O)c1ccccc1CCNC. The lowest BCUT2D eigenvalue weighted by atomic mass is 9.96. The van der Waals surface area contributed by atoms with Crippen molar-refractivity contribution in [3.8, 4) is 0 Å². The van der Waals surface area contributed by atoms with Crippen molar-refractivity contribution in [2.24, 2.45) is 5.92 Å². The van der Waals surface area contributed by atoms with Crippen molar-refractivity contribution in [1.82, 2.24) is 10.6 Å². The fourth-order valence-corrected chi connectivity index (χ4v) is 2.51. The lowest BCUT2D eigenvalue weighted by molar-refractivity contribution is 0.0816. The first kappa shape index (κ1) is 17.7. The third-order valence-electron chi connectivity index (χ3n) is 3.97. The van der Waals surface area contributed by atoms with Crippen LogP contribution in [0.5, 0.6) is 0 Å². The van der Waals surface area contributed by atoms with Gasteiger partial charge in [-0.1, -0.05) is 44.9 Å². The summed E-state index contributed by atoms with van der Waals surface area (Å²) in [5.74, 6) is 0.136. The van der Waals surface area contributed by atoms with Crippen LogP contribution in [0.3, 0.4) is 0 Å². The minimum absolute atomic E-state index is 0.105. The molecular formula is C17H28N2O2. The third kappa shape index (κ3) is 5.48. The van der Waals surface area contributed by atoms with Gasteiger partial charge in [0, 0.05) is 12.1 Å². The van der Waals surface area contributed by atoms with E-state index in [2.05, 4.69) is 24.5 Å². The molecule has 0 heterocycles. The van der Waals surface area contributed by atoms with Crippen LogP contribution >= 0.6 is 0 Å². The number of nitrogens with one attached hydrogen (secondary N) is 2. The molecule has 0 aromatic heterocycles. The Bertz CT molecular complexity index is 431. The molecule has 0 aliphatic carbocycles. The molecule has 0 saturated heterocycles. The van der Waals surface area contributed by atoms with E-state index in [1.54, 1.807) is 0 Å². The fourth-order valence-electron chi connectivity index (χ4n) is 2.51. The Kier molecular flexibility index (Phi) is 8.01. The molecule has 1 unspecified atom stereocenters. The summed E-state index contributed by atoms with van der Waals surface area (Å²) < 4.78 is 0. The van der Waals surface area contributed by atoms with Gasteiger partial charge >= 0.3 is 0 Å². The number of carbonyl (C=O) groups is 1. The predicted octanol–water partition coefficient (Wildman–Crippen LogP) is 1.98. The summed E-state index contributed by atoms with van der Waals surface area (Å²) in [7, 11) is 1.90. The smallest absolute Gasteiger partial charge is 0.251 e. The van der Waals surface area contributed by atoms with Crippen LogP contribution in [-0.4, -0.2) is 37.3 Å². The van der Waals surface area contributed by atoms with Gasteiger partial charge in [0.1, 0.15) is 0 Å². The zero-order chi connectivity index (χ0) is 15.7. The molecule has 0 radical (unpaired) electrons. The number of rotatable bonds is 9. The molecule has 3 N–H and O–H groups in total. The summed E-state index contributed by atoms with van der Waals surface area (Å²) in [4.78, 5) is 12.3. The maximum absolute atomic E-state index is 12.3. The Morgan fingerprint density at radius 2 is 1.90 bits per heavy atom. The Labute approximate surface area is 128 Å². The molecule has 0 aliphatic heterocycles. The van der Waals surface area contributed by atoms with Gasteiger partial charge in [0.15, 0.2) is 0 Å². The first-order chi connectivity index (χ1) is 10.1. The van der Waals surface area contributed by atoms with E-state index in [4.69, 9.17) is 0 Å². The van der Waals surface area contributed by atoms with Gasteiger partial charge in [0.25, 0.3) is 5.91 Å². The summed E-state index contributed by atoms with van der Waals surface area (Å²) in [6.07, 6.45) is 2.18. The van der Waals surface area contributed by atoms with E-state index in [-0.39, 0.29) is 11.8 Å². The molecule has 0 spiro atoms. The predicted molar refractivity (Wildman–Crippen MR) is 86.5 cm³/mol. The zero-order valence-electron chi connectivity index (χ0n) is 13.4. The van der Waals surface area contributed by atoms with Gasteiger partial charge in [0.05, 0.1) is 6.10 Å². The van der Waals surface area contributed by atoms with E-state index >= 15 is 0 Å². The molecule has 0 saturated carbocycles. The second kappa shape index (κ2) is 9.53. The number of aliphatic hydroxyl groups excluding tert-OH is 1. The van der Waals surface area contributed by atoms with Crippen LogP contribution in [0, 0.1) is 5.92 Å². The number of benzene rings is 1. The highest BCUT2D eigenvalue weighted by molar-refractivity contribution is 5.95. The molecule has 1 atom stereocenters. The molecule has 4 nitrogen and oxygen atoms in total. The highest BCUT2D eigenvalue weighted by Crippen LogP contribution is 2.13. The van der Waals surface area contributed by atoms with Crippen LogP contribution in [-0.2, 0) is 6.42 Å². The van der Waals surface area contributed by atoms with Crippen molar-refractivity contribution in [2.75, 3.05) is 20.1 Å². The van der Waals surface area contributed by atoms with Crippen LogP contribution in [0.4, 0.5) is 0 Å². The van der Waals surface area contributed by atoms with Crippen molar-refractivity contribution < 1.29 is 9.90 Å². The summed E-state index contributed by atoms with van der Waals surface area (Å²) in [6.45, 7) is 5.27. The van der Waals surface area contributed by atoms with E-state index in [9.17, 15) is 9.90 Å². The minimum Gasteiger partial charge on any atom is -0.391 e. The average molecular weight is 292 g/mol. The van der Waals surface area contributed by atoms with Crippen LogP contribution in [0.2, 0.25) is 0 Å². The minimum atomic E-state index is -0.478. The lowest BCUT2D eigenvalue weighted by Gasteiger charge is -2.20. The third-order valence-corrected chi connectivity index (χ3v) is 3.97. The number of amides is 1. The molecule has 0 fully saturated rings. The molecule has 118 valence electrons. The van der Waals surface area contributed by atoms with Gasteiger partial charge in [-0.2, -0.15) is 0 Å². The summed E-state index contributed by atoms with van der Waals surface area (Å²) in [5.41, 5.74) is 1.73. The van der Waals surface area contributed by atoms with Gasteiger partial charge in [-0.05, 0) is 37.6 Å². The summed E-state index contributed by atoms with van der Waals surface area (Å²) in [6, 6.07) is 7.63. The lowest BCUT2D eigenvalue weighted by Crippen LogP contribution is -2.36. The van der Waals surface area contributed by atoms with Gasteiger partial charge < -0.3 is 15.7 Å². The summed E-state index contributed by atoms with van der Waals surface area (Å²) in [5, 5.41) is 16.0. The molecule has 0 bridgehead atoms. The first-order valence-electron chi connectivity index (χ1n) is 7.82. The van der Waals surface area contributed by atoms with E-state index in [1.807, 2.05) is 31.3 Å². The average Bonchev–Trinajstić information content (AvgIpc) is 2.52. The number of hydrogen-bond donors (Lipinski definition) is 3. The van der Waals surface area contributed by atoms with E-state index < -0.39 is 6.10 Å². The standard InChI is InChI=1S/C17H28N2O2/c1-4-13(5-2)16(20)12-19-17(21)15-9-7-6-8-14(15)10-11-18-3/h6-9,13,16,18,20H,4-5,10-12H2,1-3H3,(H,19,21). The Morgan fingerprint density at radius 3 is 2.52 bits per heavy atom. The highest BCUT2D eigenvalue weighted by atomic mass is 16.3. The molecular weight excluding hydrogens is 264 g/mol. The molecule has 1 amide bonds. The van der Waals surface area contributed by atoms with E-state index in [0.29, 0.717) is 12.1 Å². The van der Waals surface area contributed by atoms with Gasteiger partial charge in [0.2, 0.25) is 0 Å². The van der Waals surface area contributed by atoms with E-state index in [1.165, 1.54) is 0 Å². The first-order valence-corrected chi connectivity index (χ1v) is 7.82. The van der Waals surface area contributed by atoms with Crippen LogP contribution in [0.25, 0.3) is 0 Å². The zero-order valence-corrected chi connectivity index (χ0v) is 13.4. The van der Waals surface area contributed by atoms with Crippen molar-refractivity contribution in [3.05, 3.63) is 35.4 Å². The maximum Gasteiger partial charge on any atom is 0.251 e. The molecule has 4 heteroatoms. The van der Waals surface area contributed by atoms with Gasteiger partial charge in [-0.3, -0.25) is 4.79 Å². The molecule has 21 heavy (non-hydrogen) atoms. The monoisotopic (exact) mass is 292 g/mol. The largest absolute Gasteiger partial charge is 0.391 e. The molecule has 1 rings (SSSR count). The molecule has 1 aromatic carbocycles. The maximum atomic E-state index is 12.3. The van der Waals surface area contributed by atoms with Crippen LogP contribution < -0.4 is 10.6 Å². The Morgan fingerprint density at radius 1 is 1.24 bits per heavy atom. The van der Waals surface area contributed by atoms with Crippen molar-refractivity contribution in [1.29, 1.82) is 0 Å². The Balaban J connectivity index is 2.63. The topological polar surface area (TPSA) is 61.4 Å². The number of hydrogen-bond acceptors (Lipinski definition) is 3. The molecule has 1 aromatic rings. The second-order valence-corrected chi connectivity index (χ2v) is 5.36. The Hall–Kier alpha value is -1.39. The normalized spacial score (nSPS) is 12.4. The molecule has 0 aliphatic rings. The van der Waals surface area contributed by atoms with Crippen molar-refractivity contribution >= 4 is 5.91 Å². The number of likely N-dealkylation sites (N-methyl/N-ethyl adjacent to an activating group) is 1. The quantitative estimate of drug-likeness (QED) is 0.652. The van der Waals surface area contributed by atoms with Crippen molar-refractivity contribution in [3.63, 3.8) is 0 Å². The van der Waals surface area contributed by atoms with Gasteiger partial charge in [-0.25, -0.2) is 0 Å². The van der Waals surface area contributed by atoms with Crippen molar-refractivity contribution in [2.45, 2.75) is 39.2 Å². The number of carbonyl (C=O) groups excluding carboxylic acids is 1. The van der Waals surface area contributed by atoms with E-state index in [0.717, 1.165) is 31.4 Å². The number of aliphatic hydroxyl groups is 1. The summed E-state index contributed by atoms with van der Waals surface area (Å²) >= 11 is 0. The van der Waals surface area contributed by atoms with Gasteiger partial charge in [-0.15, -0.1) is 0 Å².